The Hall–Kier alpha value is -1.00. The highest BCUT2D eigenvalue weighted by Crippen LogP contribution is 2.37. The van der Waals surface area contributed by atoms with Gasteiger partial charge in [0.1, 0.15) is 0 Å². The van der Waals surface area contributed by atoms with Gasteiger partial charge < -0.3 is 9.80 Å². The third kappa shape index (κ3) is 4.34. The number of piperidine rings is 1. The second-order valence-corrected chi connectivity index (χ2v) is 8.18. The molecular weight excluding hydrogens is 316 g/mol. The Kier molecular flexibility index (Phi) is 6.61. The Balaban J connectivity index is 1.62. The van der Waals surface area contributed by atoms with Gasteiger partial charge in [-0.15, -0.1) is 11.8 Å². The van der Waals surface area contributed by atoms with Gasteiger partial charge >= 0.3 is 0 Å². The molecule has 0 N–H and O–H groups in total. The van der Waals surface area contributed by atoms with Gasteiger partial charge in [-0.05, 0) is 57.5 Å². The SMILES string of the molecule is CCCCC1Sc2ccccc2C(=O)N1CCCN1CCCCC1. The molecule has 1 aromatic carbocycles. The molecule has 2 aliphatic rings. The molecule has 1 atom stereocenters. The van der Waals surface area contributed by atoms with Gasteiger partial charge in [-0.1, -0.05) is 38.3 Å². The lowest BCUT2D eigenvalue weighted by atomic mass is 10.1. The first-order chi connectivity index (χ1) is 11.8. The molecule has 3 nitrogen and oxygen atoms in total. The molecule has 0 bridgehead atoms. The first kappa shape index (κ1) is 17.8. The van der Waals surface area contributed by atoms with Crippen molar-refractivity contribution in [2.75, 3.05) is 26.2 Å². The number of carbonyl (C=O) groups is 1. The van der Waals surface area contributed by atoms with Crippen molar-refractivity contribution in [3.8, 4) is 0 Å². The molecular formula is C20H30N2OS. The van der Waals surface area contributed by atoms with Crippen molar-refractivity contribution < 1.29 is 4.79 Å². The average molecular weight is 347 g/mol. The molecule has 0 spiro atoms. The summed E-state index contributed by atoms with van der Waals surface area (Å²) in [6.07, 6.45) is 8.63. The number of thioether (sulfide) groups is 1. The van der Waals surface area contributed by atoms with Crippen LogP contribution in [0.15, 0.2) is 29.2 Å². The summed E-state index contributed by atoms with van der Waals surface area (Å²) in [5.41, 5.74) is 0.897. The van der Waals surface area contributed by atoms with E-state index in [2.05, 4.69) is 22.8 Å². The second-order valence-electron chi connectivity index (χ2n) is 6.97. The Bertz CT molecular complexity index is 542. The largest absolute Gasteiger partial charge is 0.326 e. The lowest BCUT2D eigenvalue weighted by Gasteiger charge is -2.37. The van der Waals surface area contributed by atoms with Gasteiger partial charge in [0.25, 0.3) is 5.91 Å². The van der Waals surface area contributed by atoms with Gasteiger partial charge in [-0.25, -0.2) is 0 Å². The lowest BCUT2D eigenvalue weighted by Crippen LogP contribution is -2.43. The third-order valence-corrected chi connectivity index (χ3v) is 6.49. The predicted octanol–water partition coefficient (Wildman–Crippen LogP) is 4.63. The van der Waals surface area contributed by atoms with Crippen LogP contribution >= 0.6 is 11.8 Å². The molecule has 4 heteroatoms. The molecule has 0 aliphatic carbocycles. The van der Waals surface area contributed by atoms with Gasteiger partial charge in [-0.3, -0.25) is 4.79 Å². The average Bonchev–Trinajstić information content (AvgIpc) is 2.63. The fourth-order valence-electron chi connectivity index (χ4n) is 3.73. The normalized spacial score (nSPS) is 21.8. The minimum absolute atomic E-state index is 0.240. The van der Waals surface area contributed by atoms with Gasteiger partial charge in [0, 0.05) is 11.4 Å². The van der Waals surface area contributed by atoms with Crippen molar-refractivity contribution in [3.63, 3.8) is 0 Å². The number of likely N-dealkylation sites (tertiary alicyclic amines) is 1. The summed E-state index contributed by atoms with van der Waals surface area (Å²) in [4.78, 5) is 18.8. The third-order valence-electron chi connectivity index (χ3n) is 5.12. The van der Waals surface area contributed by atoms with Gasteiger partial charge in [0.15, 0.2) is 0 Å². The van der Waals surface area contributed by atoms with Gasteiger partial charge in [0.2, 0.25) is 0 Å². The number of hydrogen-bond donors (Lipinski definition) is 0. The van der Waals surface area contributed by atoms with E-state index in [0.29, 0.717) is 5.37 Å². The molecule has 3 rings (SSSR count). The molecule has 1 amide bonds. The van der Waals surface area contributed by atoms with E-state index in [-0.39, 0.29) is 5.91 Å². The first-order valence-electron chi connectivity index (χ1n) is 9.58. The van der Waals surface area contributed by atoms with Gasteiger partial charge in [0.05, 0.1) is 10.9 Å². The minimum Gasteiger partial charge on any atom is -0.326 e. The summed E-state index contributed by atoms with van der Waals surface area (Å²) < 4.78 is 0. The van der Waals surface area contributed by atoms with Crippen LogP contribution in [-0.2, 0) is 0 Å². The summed E-state index contributed by atoms with van der Waals surface area (Å²) in [5, 5.41) is 0.314. The maximum Gasteiger partial charge on any atom is 0.255 e. The highest BCUT2D eigenvalue weighted by molar-refractivity contribution is 8.00. The topological polar surface area (TPSA) is 23.6 Å². The van der Waals surface area contributed by atoms with E-state index in [4.69, 9.17) is 0 Å². The molecule has 24 heavy (non-hydrogen) atoms. The van der Waals surface area contributed by atoms with E-state index in [1.165, 1.54) is 45.2 Å². The second kappa shape index (κ2) is 8.91. The lowest BCUT2D eigenvalue weighted by molar-refractivity contribution is 0.0709. The first-order valence-corrected chi connectivity index (χ1v) is 10.5. The van der Waals surface area contributed by atoms with Crippen LogP contribution in [0.25, 0.3) is 0 Å². The van der Waals surface area contributed by atoms with E-state index in [9.17, 15) is 4.79 Å². The zero-order chi connectivity index (χ0) is 16.8. The maximum atomic E-state index is 13.0. The molecule has 0 saturated carbocycles. The van der Waals surface area contributed by atoms with Crippen LogP contribution in [0.2, 0.25) is 0 Å². The molecule has 1 saturated heterocycles. The maximum absolute atomic E-state index is 13.0. The summed E-state index contributed by atoms with van der Waals surface area (Å²) in [7, 11) is 0. The zero-order valence-corrected chi connectivity index (χ0v) is 15.7. The highest BCUT2D eigenvalue weighted by Gasteiger charge is 2.32. The van der Waals surface area contributed by atoms with E-state index >= 15 is 0 Å². The number of hydrogen-bond acceptors (Lipinski definition) is 3. The van der Waals surface area contributed by atoms with Crippen LogP contribution in [0.5, 0.6) is 0 Å². The van der Waals surface area contributed by atoms with Crippen molar-refractivity contribution in [1.82, 2.24) is 9.80 Å². The minimum atomic E-state index is 0.240. The fraction of sp³-hybridized carbons (Fsp3) is 0.650. The molecule has 0 aromatic heterocycles. The molecule has 2 heterocycles. The summed E-state index contributed by atoms with van der Waals surface area (Å²) in [6.45, 7) is 6.74. The van der Waals surface area contributed by atoms with Crippen LogP contribution in [0.1, 0.15) is 62.2 Å². The van der Waals surface area contributed by atoms with Crippen LogP contribution < -0.4 is 0 Å². The fourth-order valence-corrected chi connectivity index (χ4v) is 5.07. The van der Waals surface area contributed by atoms with E-state index in [1.54, 1.807) is 0 Å². The predicted molar refractivity (Wildman–Crippen MR) is 102 cm³/mol. The van der Waals surface area contributed by atoms with E-state index in [1.807, 2.05) is 30.0 Å². The number of unbranched alkanes of at least 4 members (excludes halogenated alkanes) is 1. The van der Waals surface area contributed by atoms with Gasteiger partial charge in [-0.2, -0.15) is 0 Å². The molecule has 0 radical (unpaired) electrons. The quantitative estimate of drug-likeness (QED) is 0.719. The Labute approximate surface area is 150 Å². The monoisotopic (exact) mass is 346 g/mol. The summed E-state index contributed by atoms with van der Waals surface area (Å²) in [5.74, 6) is 0.240. The molecule has 1 unspecified atom stereocenters. The summed E-state index contributed by atoms with van der Waals surface area (Å²) in [6, 6.07) is 8.11. The number of rotatable bonds is 7. The highest BCUT2D eigenvalue weighted by atomic mass is 32.2. The Morgan fingerprint density at radius 3 is 2.67 bits per heavy atom. The molecule has 132 valence electrons. The number of benzene rings is 1. The van der Waals surface area contributed by atoms with Crippen molar-refractivity contribution in [1.29, 1.82) is 0 Å². The Morgan fingerprint density at radius 1 is 1.08 bits per heavy atom. The van der Waals surface area contributed by atoms with E-state index < -0.39 is 0 Å². The number of carbonyl (C=O) groups excluding carboxylic acids is 1. The van der Waals surface area contributed by atoms with Crippen LogP contribution in [0, 0.1) is 0 Å². The van der Waals surface area contributed by atoms with Crippen LogP contribution in [-0.4, -0.2) is 47.3 Å². The standard InChI is InChI=1S/C20H30N2OS/c1-2-3-12-19-22(16-9-15-21-13-7-4-8-14-21)20(23)17-10-5-6-11-18(17)24-19/h5-6,10-11,19H,2-4,7-9,12-16H2,1H3. The van der Waals surface area contributed by atoms with Crippen LogP contribution in [0.3, 0.4) is 0 Å². The zero-order valence-electron chi connectivity index (χ0n) is 14.9. The van der Waals surface area contributed by atoms with Crippen LogP contribution in [0.4, 0.5) is 0 Å². The molecule has 1 aromatic rings. The Morgan fingerprint density at radius 2 is 1.88 bits per heavy atom. The van der Waals surface area contributed by atoms with Crippen molar-refractivity contribution >= 4 is 17.7 Å². The summed E-state index contributed by atoms with van der Waals surface area (Å²) >= 11 is 1.89. The molecule has 2 aliphatic heterocycles. The van der Waals surface area contributed by atoms with Crippen molar-refractivity contribution in [3.05, 3.63) is 29.8 Å². The van der Waals surface area contributed by atoms with Crippen molar-refractivity contribution in [2.45, 2.75) is 62.1 Å². The number of amides is 1. The number of fused-ring (bicyclic) bond motifs is 1. The van der Waals surface area contributed by atoms with E-state index in [0.717, 1.165) is 36.4 Å². The number of nitrogens with zero attached hydrogens (tertiary/aromatic N) is 2. The van der Waals surface area contributed by atoms with Crippen molar-refractivity contribution in [2.24, 2.45) is 0 Å². The molecule has 1 fully saturated rings. The smallest absolute Gasteiger partial charge is 0.255 e.